The van der Waals surface area contributed by atoms with E-state index in [1.807, 2.05) is 29.7 Å². The summed E-state index contributed by atoms with van der Waals surface area (Å²) in [4.78, 5) is 20.0. The van der Waals surface area contributed by atoms with Crippen molar-refractivity contribution in [1.29, 1.82) is 0 Å². The third-order valence-corrected chi connectivity index (χ3v) is 3.48. The van der Waals surface area contributed by atoms with Crippen molar-refractivity contribution in [2.45, 2.75) is 19.9 Å². The van der Waals surface area contributed by atoms with E-state index in [-0.39, 0.29) is 5.56 Å². The Bertz CT molecular complexity index is 794. The highest BCUT2D eigenvalue weighted by Crippen LogP contribution is 2.22. The van der Waals surface area contributed by atoms with Gasteiger partial charge in [-0.15, -0.1) is 0 Å². The highest BCUT2D eigenvalue weighted by atomic mass is 16.4. The number of para-hydroxylation sites is 1. The van der Waals surface area contributed by atoms with E-state index in [0.29, 0.717) is 12.1 Å². The molecule has 106 valence electrons. The van der Waals surface area contributed by atoms with Crippen molar-refractivity contribution < 1.29 is 9.90 Å². The second-order valence-electron chi connectivity index (χ2n) is 4.80. The second kappa shape index (κ2) is 5.36. The van der Waals surface area contributed by atoms with E-state index in [9.17, 15) is 9.90 Å². The van der Waals surface area contributed by atoms with Gasteiger partial charge < -0.3 is 9.67 Å². The lowest BCUT2D eigenvalue weighted by atomic mass is 10.1. The van der Waals surface area contributed by atoms with Gasteiger partial charge in [0.05, 0.1) is 16.6 Å². The number of fused-ring (bicyclic) bond motifs is 1. The Balaban J connectivity index is 2.21. The minimum Gasteiger partial charge on any atom is -0.478 e. The van der Waals surface area contributed by atoms with Crippen LogP contribution in [-0.2, 0) is 13.0 Å². The van der Waals surface area contributed by atoms with Crippen LogP contribution in [0.4, 0.5) is 0 Å². The lowest BCUT2D eigenvalue weighted by molar-refractivity contribution is 0.0698. The van der Waals surface area contributed by atoms with Crippen LogP contribution in [0.2, 0.25) is 0 Å². The van der Waals surface area contributed by atoms with Gasteiger partial charge in [0, 0.05) is 25.4 Å². The van der Waals surface area contributed by atoms with Crippen LogP contribution in [0.5, 0.6) is 0 Å². The Morgan fingerprint density at radius 2 is 2.00 bits per heavy atom. The molecule has 0 atom stereocenters. The van der Waals surface area contributed by atoms with Gasteiger partial charge in [0.15, 0.2) is 0 Å². The van der Waals surface area contributed by atoms with Gasteiger partial charge in [0.1, 0.15) is 5.82 Å². The van der Waals surface area contributed by atoms with Crippen LogP contribution >= 0.6 is 0 Å². The largest absolute Gasteiger partial charge is 0.478 e. The average Bonchev–Trinajstić information content (AvgIpc) is 2.86. The van der Waals surface area contributed by atoms with E-state index in [1.165, 1.54) is 0 Å². The number of nitrogens with zero attached hydrogens (tertiary/aromatic N) is 3. The fraction of sp³-hybridized carbons (Fsp3) is 0.188. The molecule has 5 nitrogen and oxygen atoms in total. The summed E-state index contributed by atoms with van der Waals surface area (Å²) in [5.41, 5.74) is 2.76. The van der Waals surface area contributed by atoms with Gasteiger partial charge in [-0.3, -0.25) is 4.98 Å². The molecule has 1 aromatic carbocycles. The zero-order valence-electron chi connectivity index (χ0n) is 11.7. The topological polar surface area (TPSA) is 68.0 Å². The monoisotopic (exact) mass is 281 g/mol. The first-order valence-corrected chi connectivity index (χ1v) is 6.81. The number of pyridine rings is 1. The number of carboxylic acid groups (broad SMARTS) is 1. The molecule has 0 aliphatic rings. The van der Waals surface area contributed by atoms with E-state index in [2.05, 4.69) is 9.97 Å². The lowest BCUT2D eigenvalue weighted by Crippen LogP contribution is -2.07. The Hall–Kier alpha value is -2.69. The van der Waals surface area contributed by atoms with Crippen LogP contribution in [0, 0.1) is 0 Å². The van der Waals surface area contributed by atoms with Gasteiger partial charge >= 0.3 is 5.97 Å². The van der Waals surface area contributed by atoms with Gasteiger partial charge in [-0.05, 0) is 29.8 Å². The zero-order valence-corrected chi connectivity index (χ0v) is 11.7. The van der Waals surface area contributed by atoms with Crippen LogP contribution in [-0.4, -0.2) is 25.6 Å². The van der Waals surface area contributed by atoms with Crippen LogP contribution in [0.1, 0.15) is 28.7 Å². The summed E-state index contributed by atoms with van der Waals surface area (Å²) in [6, 6.07) is 9.05. The number of benzene rings is 1. The summed E-state index contributed by atoms with van der Waals surface area (Å²) >= 11 is 0. The molecule has 0 saturated carbocycles. The SMILES string of the molecule is CCc1nc2cccc(C(=O)O)c2n1Cc1ccncc1. The number of aromatic carboxylic acids is 1. The predicted molar refractivity (Wildman–Crippen MR) is 79.4 cm³/mol. The molecule has 0 aliphatic carbocycles. The first-order chi connectivity index (χ1) is 10.2. The fourth-order valence-electron chi connectivity index (χ4n) is 2.52. The molecule has 21 heavy (non-hydrogen) atoms. The predicted octanol–water partition coefficient (Wildman–Crippen LogP) is 2.74. The molecule has 0 aliphatic heterocycles. The highest BCUT2D eigenvalue weighted by Gasteiger charge is 2.16. The number of hydrogen-bond acceptors (Lipinski definition) is 3. The molecule has 2 heterocycles. The Morgan fingerprint density at radius 1 is 1.24 bits per heavy atom. The number of hydrogen-bond donors (Lipinski definition) is 1. The molecule has 0 amide bonds. The number of imidazole rings is 1. The Morgan fingerprint density at radius 3 is 2.67 bits per heavy atom. The molecule has 0 spiro atoms. The standard InChI is InChI=1S/C16H15N3O2/c1-2-14-18-13-5-3-4-12(16(20)21)15(13)19(14)10-11-6-8-17-9-7-11/h3-9H,2,10H2,1H3,(H,20,21). The molecule has 0 unspecified atom stereocenters. The summed E-state index contributed by atoms with van der Waals surface area (Å²) in [5, 5.41) is 9.40. The summed E-state index contributed by atoms with van der Waals surface area (Å²) in [7, 11) is 0. The van der Waals surface area contributed by atoms with Crippen molar-refractivity contribution in [2.24, 2.45) is 0 Å². The molecule has 1 N–H and O–H groups in total. The molecule has 0 saturated heterocycles. The lowest BCUT2D eigenvalue weighted by Gasteiger charge is -2.09. The van der Waals surface area contributed by atoms with Gasteiger partial charge in [-0.1, -0.05) is 13.0 Å². The van der Waals surface area contributed by atoms with Crippen molar-refractivity contribution in [3.8, 4) is 0 Å². The highest BCUT2D eigenvalue weighted by molar-refractivity contribution is 6.01. The van der Waals surface area contributed by atoms with Crippen LogP contribution in [0.3, 0.4) is 0 Å². The van der Waals surface area contributed by atoms with Crippen LogP contribution < -0.4 is 0 Å². The van der Waals surface area contributed by atoms with E-state index in [1.54, 1.807) is 24.5 Å². The van der Waals surface area contributed by atoms with Gasteiger partial charge in [0.25, 0.3) is 0 Å². The van der Waals surface area contributed by atoms with E-state index < -0.39 is 5.97 Å². The number of carbonyl (C=O) groups is 1. The smallest absolute Gasteiger partial charge is 0.337 e. The van der Waals surface area contributed by atoms with Crippen LogP contribution in [0.15, 0.2) is 42.7 Å². The quantitative estimate of drug-likeness (QED) is 0.798. The molecule has 0 radical (unpaired) electrons. The van der Waals surface area contributed by atoms with Crippen LogP contribution in [0.25, 0.3) is 11.0 Å². The van der Waals surface area contributed by atoms with Gasteiger partial charge in [-0.25, -0.2) is 9.78 Å². The molecule has 3 rings (SSSR count). The summed E-state index contributed by atoms with van der Waals surface area (Å²) in [6.45, 7) is 2.61. The molecular weight excluding hydrogens is 266 g/mol. The van der Waals surface area contributed by atoms with Crippen molar-refractivity contribution in [2.75, 3.05) is 0 Å². The summed E-state index contributed by atoms with van der Waals surface area (Å²) in [6.07, 6.45) is 4.22. The van der Waals surface area contributed by atoms with Crippen molar-refractivity contribution in [1.82, 2.24) is 14.5 Å². The first-order valence-electron chi connectivity index (χ1n) is 6.81. The Labute approximate surface area is 121 Å². The van der Waals surface area contributed by atoms with Crippen molar-refractivity contribution in [3.05, 3.63) is 59.7 Å². The molecule has 2 aromatic heterocycles. The van der Waals surface area contributed by atoms with E-state index >= 15 is 0 Å². The fourth-order valence-corrected chi connectivity index (χ4v) is 2.52. The number of aryl methyl sites for hydroxylation is 1. The van der Waals surface area contributed by atoms with Gasteiger partial charge in [0.2, 0.25) is 0 Å². The van der Waals surface area contributed by atoms with Gasteiger partial charge in [-0.2, -0.15) is 0 Å². The first kappa shape index (κ1) is 13.3. The maximum absolute atomic E-state index is 11.5. The molecular formula is C16H15N3O2. The minimum absolute atomic E-state index is 0.286. The number of carboxylic acids is 1. The summed E-state index contributed by atoms with van der Waals surface area (Å²) < 4.78 is 1.98. The van der Waals surface area contributed by atoms with E-state index in [4.69, 9.17) is 0 Å². The second-order valence-corrected chi connectivity index (χ2v) is 4.80. The minimum atomic E-state index is -0.931. The molecule has 0 bridgehead atoms. The molecule has 0 fully saturated rings. The van der Waals surface area contributed by atoms with Crippen molar-refractivity contribution >= 4 is 17.0 Å². The molecule has 5 heteroatoms. The molecule has 3 aromatic rings. The normalized spacial score (nSPS) is 10.9. The average molecular weight is 281 g/mol. The number of aromatic nitrogens is 3. The third kappa shape index (κ3) is 2.38. The summed E-state index contributed by atoms with van der Waals surface area (Å²) in [5.74, 6) is -0.0466. The number of rotatable bonds is 4. The maximum atomic E-state index is 11.5. The third-order valence-electron chi connectivity index (χ3n) is 3.48. The van der Waals surface area contributed by atoms with Crippen molar-refractivity contribution in [3.63, 3.8) is 0 Å². The Kier molecular flexibility index (Phi) is 3.39. The zero-order chi connectivity index (χ0) is 14.8. The van der Waals surface area contributed by atoms with E-state index in [0.717, 1.165) is 23.3 Å². The maximum Gasteiger partial charge on any atom is 0.337 e.